The van der Waals surface area contributed by atoms with E-state index in [4.69, 9.17) is 0 Å². The Morgan fingerprint density at radius 1 is 1.10 bits per heavy atom. The zero-order valence-corrected chi connectivity index (χ0v) is 10.2. The molecule has 21 heavy (non-hydrogen) atoms. The summed E-state index contributed by atoms with van der Waals surface area (Å²) in [6.07, 6.45) is -3.94. The Labute approximate surface area is 115 Å². The Hall–Kier alpha value is -2.51. The molecule has 0 bridgehead atoms. The highest BCUT2D eigenvalue weighted by Gasteiger charge is 2.34. The van der Waals surface area contributed by atoms with Crippen molar-refractivity contribution in [1.29, 1.82) is 0 Å². The highest BCUT2D eigenvalue weighted by Crippen LogP contribution is 2.33. The molecule has 110 valence electrons. The van der Waals surface area contributed by atoms with Gasteiger partial charge < -0.3 is 5.32 Å². The van der Waals surface area contributed by atoms with Crippen LogP contribution in [-0.4, -0.2) is 10.9 Å². The zero-order valence-electron chi connectivity index (χ0n) is 10.2. The van der Waals surface area contributed by atoms with Crippen LogP contribution in [0.15, 0.2) is 36.5 Å². The van der Waals surface area contributed by atoms with E-state index in [0.29, 0.717) is 12.1 Å². The smallest absolute Gasteiger partial charge is 0.322 e. The van der Waals surface area contributed by atoms with Gasteiger partial charge in [-0.2, -0.15) is 17.6 Å². The number of nitrogens with zero attached hydrogens (tertiary/aromatic N) is 1. The third kappa shape index (κ3) is 3.53. The second-order valence-corrected chi connectivity index (χ2v) is 4.02. The number of pyridine rings is 1. The minimum absolute atomic E-state index is 0.0470. The van der Waals surface area contributed by atoms with Crippen LogP contribution in [0.1, 0.15) is 15.9 Å². The Bertz CT molecular complexity index is 667. The number of anilines is 1. The number of hydrogen-bond acceptors (Lipinski definition) is 2. The third-order valence-electron chi connectivity index (χ3n) is 2.52. The van der Waals surface area contributed by atoms with E-state index in [2.05, 4.69) is 10.3 Å². The standard InChI is InChI=1S/C13H7F5N2O/c14-10-3-2-8(5-9(10)13(16,17)18)20-12(21)7-1-4-11(15)19-6-7/h1-6H,(H,20,21). The monoisotopic (exact) mass is 302 g/mol. The van der Waals surface area contributed by atoms with Crippen molar-refractivity contribution in [3.05, 3.63) is 59.4 Å². The minimum atomic E-state index is -4.87. The maximum atomic E-state index is 13.1. The maximum Gasteiger partial charge on any atom is 0.419 e. The van der Waals surface area contributed by atoms with E-state index in [1.54, 1.807) is 0 Å². The predicted octanol–water partition coefficient (Wildman–Crippen LogP) is 3.63. The van der Waals surface area contributed by atoms with E-state index in [0.717, 1.165) is 24.4 Å². The molecule has 0 radical (unpaired) electrons. The molecule has 0 aliphatic heterocycles. The molecule has 0 fully saturated rings. The molecule has 3 nitrogen and oxygen atoms in total. The molecule has 0 aliphatic rings. The summed E-state index contributed by atoms with van der Waals surface area (Å²) in [7, 11) is 0. The van der Waals surface area contributed by atoms with Crippen LogP contribution in [0.25, 0.3) is 0 Å². The maximum absolute atomic E-state index is 13.1. The summed E-state index contributed by atoms with van der Waals surface area (Å²) in [5.74, 6) is -3.03. The van der Waals surface area contributed by atoms with Gasteiger partial charge in [-0.3, -0.25) is 4.79 Å². The second kappa shape index (κ2) is 5.47. The lowest BCUT2D eigenvalue weighted by molar-refractivity contribution is -0.139. The van der Waals surface area contributed by atoms with Crippen LogP contribution in [0.5, 0.6) is 0 Å². The number of carbonyl (C=O) groups excluding carboxylic acids is 1. The highest BCUT2D eigenvalue weighted by atomic mass is 19.4. The molecule has 1 N–H and O–H groups in total. The number of nitrogens with one attached hydrogen (secondary N) is 1. The molecule has 1 aromatic carbocycles. The summed E-state index contributed by atoms with van der Waals surface area (Å²) in [6.45, 7) is 0. The van der Waals surface area contributed by atoms with Crippen LogP contribution in [-0.2, 0) is 6.18 Å². The van der Waals surface area contributed by atoms with Crippen LogP contribution < -0.4 is 5.32 Å². The van der Waals surface area contributed by atoms with Gasteiger partial charge >= 0.3 is 6.18 Å². The summed E-state index contributed by atoms with van der Waals surface area (Å²) >= 11 is 0. The van der Waals surface area contributed by atoms with E-state index in [-0.39, 0.29) is 11.3 Å². The quantitative estimate of drug-likeness (QED) is 0.680. The largest absolute Gasteiger partial charge is 0.419 e. The Morgan fingerprint density at radius 2 is 1.81 bits per heavy atom. The van der Waals surface area contributed by atoms with Crippen molar-refractivity contribution >= 4 is 11.6 Å². The van der Waals surface area contributed by atoms with Crippen molar-refractivity contribution in [2.45, 2.75) is 6.18 Å². The van der Waals surface area contributed by atoms with Gasteiger partial charge in [0, 0.05) is 11.9 Å². The van der Waals surface area contributed by atoms with Crippen molar-refractivity contribution in [3.63, 3.8) is 0 Å². The van der Waals surface area contributed by atoms with Crippen molar-refractivity contribution in [2.75, 3.05) is 5.32 Å². The molecule has 1 heterocycles. The van der Waals surface area contributed by atoms with Gasteiger partial charge in [-0.15, -0.1) is 0 Å². The first-order chi connectivity index (χ1) is 9.77. The number of rotatable bonds is 2. The van der Waals surface area contributed by atoms with Crippen molar-refractivity contribution in [2.24, 2.45) is 0 Å². The van der Waals surface area contributed by atoms with Crippen molar-refractivity contribution in [3.8, 4) is 0 Å². The summed E-state index contributed by atoms with van der Waals surface area (Å²) in [5, 5.41) is 2.15. The molecule has 0 saturated carbocycles. The van der Waals surface area contributed by atoms with Crippen LogP contribution in [0.3, 0.4) is 0 Å². The minimum Gasteiger partial charge on any atom is -0.322 e. The number of alkyl halides is 3. The van der Waals surface area contributed by atoms with Crippen LogP contribution >= 0.6 is 0 Å². The van der Waals surface area contributed by atoms with Crippen molar-refractivity contribution < 1.29 is 26.7 Å². The van der Waals surface area contributed by atoms with Gasteiger partial charge in [0.2, 0.25) is 5.95 Å². The molecule has 1 aromatic heterocycles. The lowest BCUT2D eigenvalue weighted by Crippen LogP contribution is -2.14. The van der Waals surface area contributed by atoms with Gasteiger partial charge in [0.1, 0.15) is 5.82 Å². The van der Waals surface area contributed by atoms with Gasteiger partial charge in [-0.1, -0.05) is 0 Å². The van der Waals surface area contributed by atoms with Gasteiger partial charge in [-0.25, -0.2) is 9.37 Å². The van der Waals surface area contributed by atoms with E-state index >= 15 is 0 Å². The van der Waals surface area contributed by atoms with Crippen LogP contribution in [0, 0.1) is 11.8 Å². The molecule has 2 rings (SSSR count). The average molecular weight is 302 g/mol. The normalized spacial score (nSPS) is 11.3. The first kappa shape index (κ1) is 14.9. The number of amides is 1. The highest BCUT2D eigenvalue weighted by molar-refractivity contribution is 6.04. The molecule has 0 atom stereocenters. The number of carbonyl (C=O) groups is 1. The molecule has 8 heteroatoms. The molecular weight excluding hydrogens is 295 g/mol. The number of hydrogen-bond donors (Lipinski definition) is 1. The summed E-state index contributed by atoms with van der Waals surface area (Å²) in [6, 6.07) is 4.11. The molecule has 0 saturated heterocycles. The van der Waals surface area contributed by atoms with E-state index < -0.39 is 29.4 Å². The van der Waals surface area contributed by atoms with E-state index in [1.165, 1.54) is 0 Å². The lowest BCUT2D eigenvalue weighted by Gasteiger charge is -2.11. The van der Waals surface area contributed by atoms with Gasteiger partial charge in [0.25, 0.3) is 5.91 Å². The molecule has 2 aromatic rings. The first-order valence-corrected chi connectivity index (χ1v) is 5.57. The van der Waals surface area contributed by atoms with Gasteiger partial charge in [0.15, 0.2) is 0 Å². The molecular formula is C13H7F5N2O. The topological polar surface area (TPSA) is 42.0 Å². The molecule has 1 amide bonds. The Morgan fingerprint density at radius 3 is 2.38 bits per heavy atom. The number of benzene rings is 1. The fourth-order valence-electron chi connectivity index (χ4n) is 1.53. The fraction of sp³-hybridized carbons (Fsp3) is 0.0769. The SMILES string of the molecule is O=C(Nc1ccc(F)c(C(F)(F)F)c1)c1ccc(F)nc1. The van der Waals surface area contributed by atoms with E-state index in [1.807, 2.05) is 0 Å². The first-order valence-electron chi connectivity index (χ1n) is 5.57. The molecule has 0 unspecified atom stereocenters. The lowest BCUT2D eigenvalue weighted by atomic mass is 10.1. The Balaban J connectivity index is 2.24. The van der Waals surface area contributed by atoms with E-state index in [9.17, 15) is 26.7 Å². The van der Waals surface area contributed by atoms with Crippen molar-refractivity contribution in [1.82, 2.24) is 4.98 Å². The predicted molar refractivity (Wildman–Crippen MR) is 63.6 cm³/mol. The van der Waals surface area contributed by atoms with Crippen LogP contribution in [0.2, 0.25) is 0 Å². The number of halogens is 5. The Kier molecular flexibility index (Phi) is 3.88. The fourth-order valence-corrected chi connectivity index (χ4v) is 1.53. The summed E-state index contributed by atoms with van der Waals surface area (Å²) in [5.41, 5.74) is -1.77. The molecule has 0 aliphatic carbocycles. The second-order valence-electron chi connectivity index (χ2n) is 4.02. The third-order valence-corrected chi connectivity index (χ3v) is 2.52. The van der Waals surface area contributed by atoms with Crippen LogP contribution in [0.4, 0.5) is 27.6 Å². The summed E-state index contributed by atoms with van der Waals surface area (Å²) in [4.78, 5) is 15.0. The zero-order chi connectivity index (χ0) is 15.6. The average Bonchev–Trinajstić information content (AvgIpc) is 2.40. The summed E-state index contributed by atoms with van der Waals surface area (Å²) < 4.78 is 63.3. The van der Waals surface area contributed by atoms with Gasteiger partial charge in [-0.05, 0) is 30.3 Å². The molecule has 0 spiro atoms. The van der Waals surface area contributed by atoms with Gasteiger partial charge in [0.05, 0.1) is 11.1 Å². The number of aromatic nitrogens is 1.